The van der Waals surface area contributed by atoms with Crippen LogP contribution in [0.4, 0.5) is 11.4 Å². The molecule has 7 rings (SSSR count). The van der Waals surface area contributed by atoms with Gasteiger partial charge < -0.3 is 15.4 Å². The Balaban J connectivity index is 1.58. The Morgan fingerprint density at radius 1 is 0.973 bits per heavy atom. The Kier molecular flexibility index (Phi) is 4.52. The molecule has 4 heterocycles. The van der Waals surface area contributed by atoms with Crippen LogP contribution >= 0.6 is 0 Å². The van der Waals surface area contributed by atoms with Gasteiger partial charge in [-0.2, -0.15) is 0 Å². The maximum Gasteiger partial charge on any atom is 0.251 e. The summed E-state index contributed by atoms with van der Waals surface area (Å²) in [6.45, 7) is 2.59. The van der Waals surface area contributed by atoms with E-state index in [9.17, 15) is 14.4 Å². The highest BCUT2D eigenvalue weighted by Gasteiger charge is 2.81. The number of methoxy groups -OCH3 is 1. The molecule has 4 aliphatic heterocycles. The lowest BCUT2D eigenvalue weighted by molar-refractivity contribution is -0.137. The maximum atomic E-state index is 14.6. The van der Waals surface area contributed by atoms with Crippen LogP contribution in [0.1, 0.15) is 39.9 Å². The molecular weight excluding hydrogens is 466 g/mol. The Morgan fingerprint density at radius 2 is 1.76 bits per heavy atom. The van der Waals surface area contributed by atoms with Crippen molar-refractivity contribution in [2.45, 2.75) is 36.8 Å². The molecule has 37 heavy (non-hydrogen) atoms. The standard InChI is InChI=1S/C30H27N3O4/c1-17-8-5-12-21-25(17)32-28(36)30(21)29(20-11-3-4-13-22(20)31-27(29)35)24(23-14-7-15-33(23)30)26(34)18-9-6-10-19(16-18)37-2/h3-6,8-13,16,23-24H,7,14-15H2,1-2H3,(H,31,35)(H,32,36)/t23-,24-,29+,30-/m0/s1. The highest BCUT2D eigenvalue weighted by Crippen LogP contribution is 2.68. The van der Waals surface area contributed by atoms with Gasteiger partial charge in [0.2, 0.25) is 5.91 Å². The molecule has 3 aromatic carbocycles. The second-order valence-corrected chi connectivity index (χ2v) is 10.4. The third-order valence-corrected chi connectivity index (χ3v) is 8.98. The van der Waals surface area contributed by atoms with Gasteiger partial charge in [0.05, 0.1) is 13.0 Å². The highest BCUT2D eigenvalue weighted by atomic mass is 16.5. The second-order valence-electron chi connectivity index (χ2n) is 10.4. The van der Waals surface area contributed by atoms with Crippen LogP contribution in [0.25, 0.3) is 0 Å². The largest absolute Gasteiger partial charge is 0.497 e. The number of hydrogen-bond acceptors (Lipinski definition) is 5. The summed E-state index contributed by atoms with van der Waals surface area (Å²) in [6, 6.07) is 20.2. The van der Waals surface area contributed by atoms with E-state index in [0.29, 0.717) is 29.1 Å². The van der Waals surface area contributed by atoms with Crippen molar-refractivity contribution in [3.63, 3.8) is 0 Å². The first-order chi connectivity index (χ1) is 18.0. The van der Waals surface area contributed by atoms with Gasteiger partial charge in [0, 0.05) is 28.5 Å². The summed E-state index contributed by atoms with van der Waals surface area (Å²) in [5.74, 6) is -0.867. The fourth-order valence-electron chi connectivity index (χ4n) is 7.71. The van der Waals surface area contributed by atoms with Crippen molar-refractivity contribution in [1.82, 2.24) is 4.90 Å². The molecule has 0 aliphatic carbocycles. The molecule has 4 atom stereocenters. The molecular formula is C30H27N3O4. The molecule has 0 bridgehead atoms. The first kappa shape index (κ1) is 22.2. The van der Waals surface area contributed by atoms with Crippen molar-refractivity contribution in [3.05, 3.63) is 89.0 Å². The zero-order valence-electron chi connectivity index (χ0n) is 20.7. The molecule has 0 radical (unpaired) electrons. The summed E-state index contributed by atoms with van der Waals surface area (Å²) < 4.78 is 5.41. The zero-order chi connectivity index (χ0) is 25.5. The summed E-state index contributed by atoms with van der Waals surface area (Å²) in [6.07, 6.45) is 1.58. The van der Waals surface area contributed by atoms with E-state index in [0.717, 1.165) is 29.7 Å². The quantitative estimate of drug-likeness (QED) is 0.538. The first-order valence-corrected chi connectivity index (χ1v) is 12.7. The monoisotopic (exact) mass is 493 g/mol. The molecule has 186 valence electrons. The van der Waals surface area contributed by atoms with E-state index in [1.165, 1.54) is 0 Å². The van der Waals surface area contributed by atoms with Crippen LogP contribution in [0.15, 0.2) is 66.7 Å². The first-order valence-electron chi connectivity index (χ1n) is 12.7. The van der Waals surface area contributed by atoms with Crippen LogP contribution in [0.3, 0.4) is 0 Å². The molecule has 4 aliphatic rings. The van der Waals surface area contributed by atoms with Gasteiger partial charge >= 0.3 is 0 Å². The topological polar surface area (TPSA) is 87.7 Å². The van der Waals surface area contributed by atoms with E-state index < -0.39 is 16.9 Å². The third-order valence-electron chi connectivity index (χ3n) is 8.98. The third kappa shape index (κ3) is 2.48. The van der Waals surface area contributed by atoms with E-state index in [4.69, 9.17) is 4.74 Å². The molecule has 2 N–H and O–H groups in total. The zero-order valence-corrected chi connectivity index (χ0v) is 20.7. The molecule has 7 heteroatoms. The smallest absolute Gasteiger partial charge is 0.251 e. The number of benzene rings is 3. The average Bonchev–Trinajstić information content (AvgIpc) is 3.63. The molecule has 3 aromatic rings. The summed E-state index contributed by atoms with van der Waals surface area (Å²) in [4.78, 5) is 45.6. The van der Waals surface area contributed by atoms with Crippen molar-refractivity contribution >= 4 is 29.0 Å². The van der Waals surface area contributed by atoms with Gasteiger partial charge in [-0.3, -0.25) is 19.3 Å². The van der Waals surface area contributed by atoms with Crippen LogP contribution in [0.5, 0.6) is 5.75 Å². The lowest BCUT2D eigenvalue weighted by Crippen LogP contribution is -2.62. The van der Waals surface area contributed by atoms with Crippen molar-refractivity contribution < 1.29 is 19.1 Å². The molecule has 2 saturated heterocycles. The molecule has 7 nitrogen and oxygen atoms in total. The van der Waals surface area contributed by atoms with Gasteiger partial charge in [0.15, 0.2) is 5.78 Å². The number of nitrogens with zero attached hydrogens (tertiary/aromatic N) is 1. The minimum Gasteiger partial charge on any atom is -0.497 e. The van der Waals surface area contributed by atoms with Gasteiger partial charge in [0.1, 0.15) is 16.7 Å². The van der Waals surface area contributed by atoms with E-state index in [-0.39, 0.29) is 23.6 Å². The normalized spacial score (nSPS) is 29.2. The number of carbonyl (C=O) groups excluding carboxylic acids is 3. The Labute approximate surface area is 214 Å². The molecule has 0 aromatic heterocycles. The second kappa shape index (κ2) is 7.52. The van der Waals surface area contributed by atoms with Crippen molar-refractivity contribution in [3.8, 4) is 5.75 Å². The number of rotatable bonds is 3. The minimum atomic E-state index is -1.43. The number of carbonyl (C=O) groups is 3. The predicted molar refractivity (Wildman–Crippen MR) is 139 cm³/mol. The molecule has 0 saturated carbocycles. The Morgan fingerprint density at radius 3 is 2.59 bits per heavy atom. The predicted octanol–water partition coefficient (Wildman–Crippen LogP) is 4.02. The van der Waals surface area contributed by atoms with E-state index in [2.05, 4.69) is 15.5 Å². The van der Waals surface area contributed by atoms with Gasteiger partial charge in [-0.1, -0.05) is 48.5 Å². The summed E-state index contributed by atoms with van der Waals surface area (Å²) in [7, 11) is 1.57. The van der Waals surface area contributed by atoms with E-state index in [1.807, 2.05) is 49.4 Å². The maximum absolute atomic E-state index is 14.6. The number of nitrogens with one attached hydrogen (secondary N) is 2. The van der Waals surface area contributed by atoms with Crippen LogP contribution in [0.2, 0.25) is 0 Å². The van der Waals surface area contributed by atoms with Crippen LogP contribution in [-0.4, -0.2) is 42.2 Å². The summed E-state index contributed by atoms with van der Waals surface area (Å²) >= 11 is 0. The molecule has 2 amide bonds. The summed E-state index contributed by atoms with van der Waals surface area (Å²) in [5, 5.41) is 6.21. The number of para-hydroxylation sites is 2. The lowest BCUT2D eigenvalue weighted by atomic mass is 9.57. The average molecular weight is 494 g/mol. The SMILES string of the molecule is COc1cccc(C(=O)[C@@H]2[C@@H]3CCCN3[C@@]3(C(=O)Nc4c(C)cccc43)[C@@]23C(=O)Nc2ccccc23)c1. The number of hydrogen-bond donors (Lipinski definition) is 2. The molecule has 2 fully saturated rings. The van der Waals surface area contributed by atoms with E-state index >= 15 is 0 Å². The molecule has 0 unspecified atom stereocenters. The van der Waals surface area contributed by atoms with Crippen molar-refractivity contribution in [1.29, 1.82) is 0 Å². The van der Waals surface area contributed by atoms with Crippen molar-refractivity contribution in [2.75, 3.05) is 24.3 Å². The number of amides is 2. The number of anilines is 2. The fraction of sp³-hybridized carbons (Fsp3) is 0.300. The lowest BCUT2D eigenvalue weighted by Gasteiger charge is -2.43. The fourth-order valence-corrected chi connectivity index (χ4v) is 7.71. The minimum absolute atomic E-state index is 0.145. The van der Waals surface area contributed by atoms with E-state index in [1.54, 1.807) is 31.4 Å². The number of Topliss-reactive ketones (excluding diaryl/α,β-unsaturated/α-hetero) is 1. The Bertz CT molecular complexity index is 1520. The number of ether oxygens (including phenoxy) is 1. The van der Waals surface area contributed by atoms with Gasteiger partial charge in [-0.05, 0) is 55.6 Å². The number of aryl methyl sites for hydroxylation is 1. The van der Waals surface area contributed by atoms with Crippen LogP contribution in [-0.2, 0) is 20.5 Å². The molecule has 2 spiro atoms. The van der Waals surface area contributed by atoms with Crippen molar-refractivity contribution in [2.24, 2.45) is 5.92 Å². The van der Waals surface area contributed by atoms with Crippen LogP contribution in [0, 0.1) is 12.8 Å². The van der Waals surface area contributed by atoms with Gasteiger partial charge in [0.25, 0.3) is 5.91 Å². The van der Waals surface area contributed by atoms with Gasteiger partial charge in [-0.25, -0.2) is 0 Å². The Hall–Kier alpha value is -3.97. The number of ketones is 1. The summed E-state index contributed by atoms with van der Waals surface area (Å²) in [5.41, 5.74) is 1.52. The van der Waals surface area contributed by atoms with Crippen LogP contribution < -0.4 is 15.4 Å². The van der Waals surface area contributed by atoms with Gasteiger partial charge in [-0.15, -0.1) is 0 Å². The highest BCUT2D eigenvalue weighted by molar-refractivity contribution is 6.21. The number of fused-ring (bicyclic) bond motifs is 7.